The highest BCUT2D eigenvalue weighted by molar-refractivity contribution is 6.33. The second-order valence-corrected chi connectivity index (χ2v) is 7.64. The summed E-state index contributed by atoms with van der Waals surface area (Å²) in [6.07, 6.45) is 1.73. The summed E-state index contributed by atoms with van der Waals surface area (Å²) in [6, 6.07) is 6.89. The van der Waals surface area contributed by atoms with Gasteiger partial charge in [0.1, 0.15) is 5.69 Å². The molecule has 1 heterocycles. The third-order valence-electron chi connectivity index (χ3n) is 5.41. The van der Waals surface area contributed by atoms with Gasteiger partial charge in [0.05, 0.1) is 24.2 Å². The fraction of sp³-hybridized carbons (Fsp3) is 0.409. The molecule has 1 fully saturated rings. The Hall–Kier alpha value is -2.60. The number of ketones is 1. The predicted molar refractivity (Wildman–Crippen MR) is 111 cm³/mol. The van der Waals surface area contributed by atoms with E-state index in [2.05, 4.69) is 0 Å². The number of amides is 1. The Morgan fingerprint density at radius 3 is 2.41 bits per heavy atom. The van der Waals surface area contributed by atoms with Gasteiger partial charge in [-0.15, -0.1) is 0 Å². The molecule has 7 heteroatoms. The van der Waals surface area contributed by atoms with Crippen LogP contribution in [0.5, 0.6) is 0 Å². The topological polar surface area (TPSA) is 68.6 Å². The van der Waals surface area contributed by atoms with Gasteiger partial charge in [-0.3, -0.25) is 9.59 Å². The highest BCUT2D eigenvalue weighted by Crippen LogP contribution is 2.31. The maximum absolute atomic E-state index is 13.2. The molecule has 1 saturated carbocycles. The fourth-order valence-corrected chi connectivity index (χ4v) is 4.05. The lowest BCUT2D eigenvalue weighted by Gasteiger charge is -2.22. The first-order chi connectivity index (χ1) is 13.8. The number of nitrogens with zero attached hydrogens (tertiary/aromatic N) is 2. The van der Waals surface area contributed by atoms with Crippen LogP contribution in [0.1, 0.15) is 62.2 Å². The van der Waals surface area contributed by atoms with E-state index in [9.17, 15) is 14.4 Å². The molecule has 29 heavy (non-hydrogen) atoms. The van der Waals surface area contributed by atoms with E-state index in [1.165, 1.54) is 7.11 Å². The van der Waals surface area contributed by atoms with Crippen LogP contribution in [0, 0.1) is 13.8 Å². The van der Waals surface area contributed by atoms with E-state index in [4.69, 9.17) is 16.3 Å². The van der Waals surface area contributed by atoms with Gasteiger partial charge in [-0.2, -0.15) is 0 Å². The van der Waals surface area contributed by atoms with Crippen LogP contribution in [0.2, 0.25) is 5.02 Å². The monoisotopic (exact) mass is 416 g/mol. The predicted octanol–water partition coefficient (Wildman–Crippen LogP) is 4.05. The van der Waals surface area contributed by atoms with E-state index in [0.29, 0.717) is 39.6 Å². The molecule has 3 rings (SSSR count). The minimum atomic E-state index is -0.474. The number of esters is 1. The van der Waals surface area contributed by atoms with E-state index >= 15 is 0 Å². The number of hydrogen-bond acceptors (Lipinski definition) is 4. The number of benzene rings is 1. The zero-order chi connectivity index (χ0) is 21.3. The Bertz CT molecular complexity index is 975. The first kappa shape index (κ1) is 21.1. The molecule has 1 aliphatic carbocycles. The number of hydrogen-bond donors (Lipinski definition) is 0. The van der Waals surface area contributed by atoms with Gasteiger partial charge in [0, 0.05) is 23.8 Å². The first-order valence-electron chi connectivity index (χ1n) is 9.68. The molecule has 0 bridgehead atoms. The summed E-state index contributed by atoms with van der Waals surface area (Å²) in [5.41, 5.74) is 2.54. The van der Waals surface area contributed by atoms with Gasteiger partial charge in [0.25, 0.3) is 5.91 Å². The van der Waals surface area contributed by atoms with Crippen molar-refractivity contribution in [3.8, 4) is 0 Å². The number of carbonyl (C=O) groups is 3. The van der Waals surface area contributed by atoms with Crippen molar-refractivity contribution in [2.45, 2.75) is 46.2 Å². The summed E-state index contributed by atoms with van der Waals surface area (Å²) in [4.78, 5) is 40.2. The van der Waals surface area contributed by atoms with Crippen LogP contribution in [0.15, 0.2) is 24.3 Å². The molecule has 0 radical (unpaired) electrons. The SMILES string of the molecule is CCn1c(C)c(C(=O)CN(C(=O)c2ccccc2Cl)C2CC2)c(C)c1C(=O)OC. The molecule has 0 saturated heterocycles. The number of Topliss-reactive ketones (excluding diaryl/α,β-unsaturated/α-hetero) is 1. The lowest BCUT2D eigenvalue weighted by molar-refractivity contribution is 0.0587. The Balaban J connectivity index is 1.94. The van der Waals surface area contributed by atoms with Gasteiger partial charge in [0.15, 0.2) is 5.78 Å². The van der Waals surface area contributed by atoms with E-state index in [1.54, 1.807) is 40.7 Å². The summed E-state index contributed by atoms with van der Waals surface area (Å²) in [5.74, 6) is -0.910. The molecule has 1 aromatic carbocycles. The molecule has 0 spiro atoms. The number of ether oxygens (including phenoxy) is 1. The van der Waals surface area contributed by atoms with Crippen molar-refractivity contribution in [2.24, 2.45) is 0 Å². The summed E-state index contributed by atoms with van der Waals surface area (Å²) in [7, 11) is 1.32. The average molecular weight is 417 g/mol. The molecule has 0 atom stereocenters. The van der Waals surface area contributed by atoms with E-state index < -0.39 is 5.97 Å². The van der Waals surface area contributed by atoms with Gasteiger partial charge < -0.3 is 14.2 Å². The van der Waals surface area contributed by atoms with Crippen molar-refractivity contribution < 1.29 is 19.1 Å². The lowest BCUT2D eigenvalue weighted by atomic mass is 10.0. The van der Waals surface area contributed by atoms with Gasteiger partial charge in [-0.1, -0.05) is 23.7 Å². The molecule has 2 aromatic rings. The zero-order valence-electron chi connectivity index (χ0n) is 17.1. The number of rotatable bonds is 7. The van der Waals surface area contributed by atoms with Crippen molar-refractivity contribution in [3.63, 3.8) is 0 Å². The normalized spacial score (nSPS) is 13.3. The van der Waals surface area contributed by atoms with Crippen LogP contribution in [-0.4, -0.2) is 46.8 Å². The number of aromatic nitrogens is 1. The largest absolute Gasteiger partial charge is 0.464 e. The molecule has 0 N–H and O–H groups in total. The van der Waals surface area contributed by atoms with Crippen molar-refractivity contribution in [1.82, 2.24) is 9.47 Å². The standard InChI is InChI=1S/C22H25ClN2O4/c1-5-24-14(3)19(13(2)20(24)22(28)29-4)18(26)12-25(15-10-11-15)21(27)16-8-6-7-9-17(16)23/h6-9,15H,5,10-12H2,1-4H3. The maximum Gasteiger partial charge on any atom is 0.354 e. The van der Waals surface area contributed by atoms with Crippen molar-refractivity contribution >= 4 is 29.3 Å². The Kier molecular flexibility index (Phi) is 6.13. The third kappa shape index (κ3) is 3.94. The highest BCUT2D eigenvalue weighted by atomic mass is 35.5. The zero-order valence-corrected chi connectivity index (χ0v) is 17.9. The van der Waals surface area contributed by atoms with Crippen LogP contribution < -0.4 is 0 Å². The summed E-state index contributed by atoms with van der Waals surface area (Å²) in [6.45, 7) is 5.95. The van der Waals surface area contributed by atoms with Crippen LogP contribution in [0.25, 0.3) is 0 Å². The molecule has 0 aliphatic heterocycles. The van der Waals surface area contributed by atoms with Crippen molar-refractivity contribution in [3.05, 3.63) is 57.4 Å². The second-order valence-electron chi connectivity index (χ2n) is 7.24. The third-order valence-corrected chi connectivity index (χ3v) is 5.74. The van der Waals surface area contributed by atoms with E-state index in [1.807, 2.05) is 13.8 Å². The second kappa shape index (κ2) is 8.41. The van der Waals surface area contributed by atoms with Gasteiger partial charge in [-0.25, -0.2) is 4.79 Å². The van der Waals surface area contributed by atoms with Crippen LogP contribution in [0.4, 0.5) is 0 Å². The number of methoxy groups -OCH3 is 1. The Morgan fingerprint density at radius 2 is 1.86 bits per heavy atom. The average Bonchev–Trinajstić information content (AvgIpc) is 3.50. The molecule has 1 aromatic heterocycles. The maximum atomic E-state index is 13.2. The van der Waals surface area contributed by atoms with Crippen molar-refractivity contribution in [1.29, 1.82) is 0 Å². The van der Waals surface area contributed by atoms with E-state index in [-0.39, 0.29) is 24.3 Å². The highest BCUT2D eigenvalue weighted by Gasteiger charge is 2.36. The quantitative estimate of drug-likeness (QED) is 0.504. The summed E-state index contributed by atoms with van der Waals surface area (Å²) in [5, 5.41) is 0.369. The van der Waals surface area contributed by atoms with Gasteiger partial charge >= 0.3 is 5.97 Å². The number of halogens is 1. The van der Waals surface area contributed by atoms with Gasteiger partial charge in [0.2, 0.25) is 0 Å². The minimum Gasteiger partial charge on any atom is -0.464 e. The van der Waals surface area contributed by atoms with Crippen LogP contribution in [0.3, 0.4) is 0 Å². The lowest BCUT2D eigenvalue weighted by Crippen LogP contribution is -2.38. The smallest absolute Gasteiger partial charge is 0.354 e. The van der Waals surface area contributed by atoms with Crippen LogP contribution >= 0.6 is 11.6 Å². The Morgan fingerprint density at radius 1 is 1.21 bits per heavy atom. The molecule has 6 nitrogen and oxygen atoms in total. The molecule has 1 amide bonds. The Labute approximate surface area is 175 Å². The van der Waals surface area contributed by atoms with Crippen molar-refractivity contribution in [2.75, 3.05) is 13.7 Å². The molecule has 0 unspecified atom stereocenters. The molecular formula is C22H25ClN2O4. The minimum absolute atomic E-state index is 0.0386. The molecule has 1 aliphatic rings. The number of carbonyl (C=O) groups excluding carboxylic acids is 3. The summed E-state index contributed by atoms with van der Waals surface area (Å²) < 4.78 is 6.68. The molecular weight excluding hydrogens is 392 g/mol. The van der Waals surface area contributed by atoms with E-state index in [0.717, 1.165) is 12.8 Å². The first-order valence-corrected chi connectivity index (χ1v) is 10.1. The molecule has 154 valence electrons. The fourth-order valence-electron chi connectivity index (χ4n) is 3.84. The van der Waals surface area contributed by atoms with Crippen LogP contribution in [-0.2, 0) is 11.3 Å². The summed E-state index contributed by atoms with van der Waals surface area (Å²) >= 11 is 6.20. The van der Waals surface area contributed by atoms with Gasteiger partial charge in [-0.05, 0) is 51.3 Å².